The normalized spacial score (nSPS) is 8.87. The van der Waals surface area contributed by atoms with Crippen LogP contribution in [0, 0.1) is 6.07 Å². The Morgan fingerprint density at radius 2 is 2.33 bits per heavy atom. The molecule has 0 unspecified atom stereocenters. The van der Waals surface area contributed by atoms with Gasteiger partial charge in [-0.15, -0.1) is 0 Å². The molecule has 1 N–H and O–H groups in total. The summed E-state index contributed by atoms with van der Waals surface area (Å²) in [6, 6.07) is 10.8. The quantitative estimate of drug-likeness (QED) is 0.505. The standard InChI is InChI=1S/C11H14NO2.Na/c1-2-14-11(13)12-9-8-10-6-4-3-5-7-10;/h3-6H,2,8-9H2,1H3,(H,12,13);/q-1;+1. The van der Waals surface area contributed by atoms with Gasteiger partial charge in [0.2, 0.25) is 0 Å². The van der Waals surface area contributed by atoms with Crippen LogP contribution in [0.15, 0.2) is 24.3 Å². The number of rotatable bonds is 4. The molecule has 15 heavy (non-hydrogen) atoms. The fourth-order valence-electron chi connectivity index (χ4n) is 1.07. The summed E-state index contributed by atoms with van der Waals surface area (Å²) in [6.07, 6.45) is 0.420. The molecule has 76 valence electrons. The number of benzene rings is 1. The van der Waals surface area contributed by atoms with Gasteiger partial charge in [0.15, 0.2) is 0 Å². The summed E-state index contributed by atoms with van der Waals surface area (Å²) >= 11 is 0. The van der Waals surface area contributed by atoms with Gasteiger partial charge in [0.1, 0.15) is 0 Å². The third-order valence-corrected chi connectivity index (χ3v) is 1.71. The summed E-state index contributed by atoms with van der Waals surface area (Å²) in [7, 11) is 0. The zero-order chi connectivity index (χ0) is 10.2. The van der Waals surface area contributed by atoms with E-state index < -0.39 is 0 Å². The van der Waals surface area contributed by atoms with Crippen LogP contribution in [0.5, 0.6) is 0 Å². The van der Waals surface area contributed by atoms with Crippen molar-refractivity contribution in [3.05, 3.63) is 35.9 Å². The molecule has 0 bridgehead atoms. The van der Waals surface area contributed by atoms with Crippen LogP contribution in [0.2, 0.25) is 0 Å². The Balaban J connectivity index is 0.00000196. The molecule has 1 aromatic carbocycles. The second-order valence-corrected chi connectivity index (χ2v) is 2.79. The Kier molecular flexibility index (Phi) is 8.47. The molecule has 0 saturated carbocycles. The van der Waals surface area contributed by atoms with Gasteiger partial charge in [0.05, 0.1) is 6.61 Å². The summed E-state index contributed by atoms with van der Waals surface area (Å²) in [5, 5.41) is 2.65. The number of ether oxygens (including phenoxy) is 1. The Morgan fingerprint density at radius 1 is 1.53 bits per heavy atom. The third-order valence-electron chi connectivity index (χ3n) is 1.71. The predicted molar refractivity (Wildman–Crippen MR) is 54.0 cm³/mol. The number of amides is 1. The minimum absolute atomic E-state index is 0. The molecule has 0 aromatic heterocycles. The minimum atomic E-state index is -0.358. The molecule has 1 aromatic rings. The first-order chi connectivity index (χ1) is 6.83. The van der Waals surface area contributed by atoms with Crippen molar-refractivity contribution >= 4 is 6.09 Å². The first-order valence-electron chi connectivity index (χ1n) is 4.69. The summed E-state index contributed by atoms with van der Waals surface area (Å²) in [4.78, 5) is 10.9. The number of hydrogen-bond donors (Lipinski definition) is 1. The number of nitrogens with one attached hydrogen (secondary N) is 1. The molecule has 4 heteroatoms. The maximum absolute atomic E-state index is 10.9. The van der Waals surface area contributed by atoms with Gasteiger partial charge in [0.25, 0.3) is 0 Å². The monoisotopic (exact) mass is 215 g/mol. The maximum Gasteiger partial charge on any atom is 1.00 e. The fourth-order valence-corrected chi connectivity index (χ4v) is 1.07. The Bertz CT molecular complexity index is 277. The Hall–Kier alpha value is -0.510. The van der Waals surface area contributed by atoms with Crippen LogP contribution in [-0.2, 0) is 11.2 Å². The van der Waals surface area contributed by atoms with Crippen molar-refractivity contribution in [2.75, 3.05) is 13.2 Å². The van der Waals surface area contributed by atoms with Crippen molar-refractivity contribution in [1.82, 2.24) is 5.32 Å². The van der Waals surface area contributed by atoms with E-state index in [9.17, 15) is 4.79 Å². The zero-order valence-electron chi connectivity index (χ0n) is 9.25. The van der Waals surface area contributed by atoms with Crippen LogP contribution in [-0.4, -0.2) is 19.2 Å². The van der Waals surface area contributed by atoms with E-state index in [0.717, 1.165) is 12.0 Å². The largest absolute Gasteiger partial charge is 1.00 e. The molecule has 0 heterocycles. The predicted octanol–water partition coefficient (Wildman–Crippen LogP) is -1.22. The summed E-state index contributed by atoms with van der Waals surface area (Å²) in [5.41, 5.74) is 1.09. The second-order valence-electron chi connectivity index (χ2n) is 2.79. The van der Waals surface area contributed by atoms with Crippen LogP contribution < -0.4 is 34.9 Å². The van der Waals surface area contributed by atoms with Crippen LogP contribution in [0.1, 0.15) is 12.5 Å². The van der Waals surface area contributed by atoms with E-state index in [4.69, 9.17) is 4.74 Å². The first-order valence-corrected chi connectivity index (χ1v) is 4.69. The number of carbonyl (C=O) groups is 1. The van der Waals surface area contributed by atoms with E-state index in [2.05, 4.69) is 11.4 Å². The fraction of sp³-hybridized carbons (Fsp3) is 0.364. The smallest absolute Gasteiger partial charge is 0.450 e. The molecule has 0 aliphatic carbocycles. The summed E-state index contributed by atoms with van der Waals surface area (Å²) in [6.45, 7) is 2.77. The van der Waals surface area contributed by atoms with Gasteiger partial charge >= 0.3 is 35.7 Å². The molecular formula is C11H14NNaO2. The van der Waals surface area contributed by atoms with E-state index >= 15 is 0 Å². The van der Waals surface area contributed by atoms with E-state index in [1.54, 1.807) is 6.92 Å². The molecule has 0 spiro atoms. The van der Waals surface area contributed by atoms with E-state index in [0.29, 0.717) is 13.2 Å². The summed E-state index contributed by atoms with van der Waals surface area (Å²) < 4.78 is 4.72. The van der Waals surface area contributed by atoms with Crippen LogP contribution in [0.4, 0.5) is 4.79 Å². The summed E-state index contributed by atoms with van der Waals surface area (Å²) in [5.74, 6) is 0. The van der Waals surface area contributed by atoms with Crippen molar-refractivity contribution in [1.29, 1.82) is 0 Å². The third kappa shape index (κ3) is 6.55. The topological polar surface area (TPSA) is 38.3 Å². The number of alkyl carbamates (subject to hydrolysis) is 1. The zero-order valence-corrected chi connectivity index (χ0v) is 11.2. The van der Waals surface area contributed by atoms with Crippen LogP contribution in [0.3, 0.4) is 0 Å². The SMILES string of the molecule is CCOC(=O)NCCc1[c-]cccc1.[Na+]. The van der Waals surface area contributed by atoms with E-state index in [1.807, 2.05) is 24.3 Å². The van der Waals surface area contributed by atoms with Gasteiger partial charge in [-0.25, -0.2) is 4.79 Å². The molecule has 0 radical (unpaired) electrons. The molecule has 0 atom stereocenters. The van der Waals surface area contributed by atoms with Gasteiger partial charge in [-0.1, -0.05) is 0 Å². The van der Waals surface area contributed by atoms with Crippen LogP contribution >= 0.6 is 0 Å². The van der Waals surface area contributed by atoms with Crippen LogP contribution in [0.25, 0.3) is 0 Å². The number of hydrogen-bond acceptors (Lipinski definition) is 2. The van der Waals surface area contributed by atoms with Crippen molar-refractivity contribution in [2.45, 2.75) is 13.3 Å². The van der Waals surface area contributed by atoms with E-state index in [-0.39, 0.29) is 35.7 Å². The van der Waals surface area contributed by atoms with Crippen molar-refractivity contribution < 1.29 is 39.1 Å². The molecule has 1 rings (SSSR count). The van der Waals surface area contributed by atoms with Gasteiger partial charge < -0.3 is 10.1 Å². The molecular weight excluding hydrogens is 201 g/mol. The Morgan fingerprint density at radius 3 is 2.93 bits per heavy atom. The molecule has 0 aliphatic rings. The van der Waals surface area contributed by atoms with Gasteiger partial charge in [0, 0.05) is 6.54 Å². The van der Waals surface area contributed by atoms with Crippen molar-refractivity contribution in [2.24, 2.45) is 0 Å². The van der Waals surface area contributed by atoms with E-state index in [1.165, 1.54) is 0 Å². The van der Waals surface area contributed by atoms with Gasteiger partial charge in [-0.3, -0.25) is 0 Å². The average Bonchev–Trinajstić information content (AvgIpc) is 2.20. The molecule has 0 fully saturated rings. The molecule has 1 amide bonds. The first kappa shape index (κ1) is 14.5. The Labute approximate surface area is 112 Å². The maximum atomic E-state index is 10.9. The molecule has 0 aliphatic heterocycles. The molecule has 3 nitrogen and oxygen atoms in total. The molecule has 0 saturated heterocycles. The number of carbonyl (C=O) groups excluding carboxylic acids is 1. The second kappa shape index (κ2) is 8.77. The van der Waals surface area contributed by atoms with Crippen molar-refractivity contribution in [3.63, 3.8) is 0 Å². The van der Waals surface area contributed by atoms with Gasteiger partial charge in [-0.05, 0) is 13.3 Å². The van der Waals surface area contributed by atoms with Gasteiger partial charge in [-0.2, -0.15) is 35.9 Å². The average molecular weight is 215 g/mol. The minimum Gasteiger partial charge on any atom is -0.450 e. The van der Waals surface area contributed by atoms with Crippen molar-refractivity contribution in [3.8, 4) is 0 Å².